The predicted molar refractivity (Wildman–Crippen MR) is 67.3 cm³/mol. The molecule has 0 atom stereocenters. The van der Waals surface area contributed by atoms with Gasteiger partial charge in [0.1, 0.15) is 5.82 Å². The molecule has 0 aliphatic heterocycles. The number of thiophene rings is 1. The Balaban J connectivity index is 2.48. The first-order chi connectivity index (χ1) is 8.67. The summed E-state index contributed by atoms with van der Waals surface area (Å²) in [6.45, 7) is 0. The van der Waals surface area contributed by atoms with Crippen molar-refractivity contribution in [2.45, 2.75) is 0 Å². The molecule has 0 spiro atoms. The minimum absolute atomic E-state index is 0.0222. The lowest BCUT2D eigenvalue weighted by molar-refractivity contribution is 0.103. The van der Waals surface area contributed by atoms with Crippen LogP contribution in [0.15, 0.2) is 29.0 Å². The van der Waals surface area contributed by atoms with E-state index in [1.807, 2.05) is 0 Å². The average Bonchev–Trinajstić information content (AvgIpc) is 2.91. The van der Waals surface area contributed by atoms with Gasteiger partial charge in [-0.3, -0.25) is 4.79 Å². The second-order valence-corrected chi connectivity index (χ2v) is 4.31. The molecule has 3 nitrogen and oxygen atoms in total. The van der Waals surface area contributed by atoms with Crippen LogP contribution < -0.4 is 9.47 Å². The molecule has 1 aromatic heterocycles. The Bertz CT molecular complexity index is 564. The van der Waals surface area contributed by atoms with E-state index >= 15 is 0 Å². The van der Waals surface area contributed by atoms with E-state index < -0.39 is 5.82 Å². The minimum Gasteiger partial charge on any atom is -0.493 e. The summed E-state index contributed by atoms with van der Waals surface area (Å²) in [5.74, 6) is -0.395. The van der Waals surface area contributed by atoms with Gasteiger partial charge in [0.05, 0.1) is 19.8 Å². The summed E-state index contributed by atoms with van der Waals surface area (Å²) in [4.78, 5) is 12.1. The Morgan fingerprint density at radius 2 is 1.89 bits per heavy atom. The minimum atomic E-state index is -0.621. The van der Waals surface area contributed by atoms with Crippen molar-refractivity contribution >= 4 is 17.1 Å². The van der Waals surface area contributed by atoms with Gasteiger partial charge in [-0.1, -0.05) is 0 Å². The van der Waals surface area contributed by atoms with Gasteiger partial charge in [-0.05, 0) is 17.5 Å². The number of ether oxygens (including phenoxy) is 2. The van der Waals surface area contributed by atoms with E-state index in [4.69, 9.17) is 9.47 Å². The topological polar surface area (TPSA) is 35.5 Å². The highest BCUT2D eigenvalue weighted by Crippen LogP contribution is 2.31. The number of hydrogen-bond donors (Lipinski definition) is 0. The largest absolute Gasteiger partial charge is 0.493 e. The number of rotatable bonds is 4. The van der Waals surface area contributed by atoms with Crippen molar-refractivity contribution in [1.82, 2.24) is 0 Å². The van der Waals surface area contributed by atoms with Crippen molar-refractivity contribution in [3.8, 4) is 11.5 Å². The molecule has 0 unspecified atom stereocenters. The van der Waals surface area contributed by atoms with Crippen molar-refractivity contribution in [3.63, 3.8) is 0 Å². The number of carbonyl (C=O) groups is 1. The summed E-state index contributed by atoms with van der Waals surface area (Å²) >= 11 is 1.39. The lowest BCUT2D eigenvalue weighted by atomic mass is 10.0. The third-order valence-electron chi connectivity index (χ3n) is 2.50. The first-order valence-electron chi connectivity index (χ1n) is 5.15. The van der Waals surface area contributed by atoms with E-state index in [9.17, 15) is 9.18 Å². The fourth-order valence-electron chi connectivity index (χ4n) is 1.58. The monoisotopic (exact) mass is 266 g/mol. The smallest absolute Gasteiger partial charge is 0.196 e. The number of ketones is 1. The number of benzene rings is 1. The van der Waals surface area contributed by atoms with Crippen LogP contribution in [0.1, 0.15) is 15.9 Å². The molecule has 18 heavy (non-hydrogen) atoms. The van der Waals surface area contributed by atoms with Crippen molar-refractivity contribution < 1.29 is 18.7 Å². The van der Waals surface area contributed by atoms with Crippen LogP contribution in [0.25, 0.3) is 0 Å². The molecular weight excluding hydrogens is 255 g/mol. The molecule has 0 bridgehead atoms. The summed E-state index contributed by atoms with van der Waals surface area (Å²) in [5.41, 5.74) is 0.442. The first-order valence-corrected chi connectivity index (χ1v) is 6.10. The Morgan fingerprint density at radius 1 is 1.22 bits per heavy atom. The van der Waals surface area contributed by atoms with Crippen molar-refractivity contribution in [1.29, 1.82) is 0 Å². The number of hydrogen-bond acceptors (Lipinski definition) is 4. The summed E-state index contributed by atoms with van der Waals surface area (Å²) in [7, 11) is 2.85. The number of methoxy groups -OCH3 is 2. The molecule has 1 aromatic carbocycles. The van der Waals surface area contributed by atoms with Gasteiger partial charge < -0.3 is 9.47 Å². The Hall–Kier alpha value is -1.88. The lowest BCUT2D eigenvalue weighted by Crippen LogP contribution is -2.04. The van der Waals surface area contributed by atoms with E-state index in [1.54, 1.807) is 16.8 Å². The van der Waals surface area contributed by atoms with Gasteiger partial charge >= 0.3 is 0 Å². The number of halogens is 1. The zero-order valence-corrected chi connectivity index (χ0v) is 10.7. The van der Waals surface area contributed by atoms with E-state index in [0.717, 1.165) is 6.07 Å². The second kappa shape index (κ2) is 5.18. The highest BCUT2D eigenvalue weighted by atomic mass is 32.1. The zero-order chi connectivity index (χ0) is 13.1. The molecule has 0 radical (unpaired) electrons. The van der Waals surface area contributed by atoms with E-state index in [1.165, 1.54) is 31.6 Å². The Kier molecular flexibility index (Phi) is 3.62. The summed E-state index contributed by atoms with van der Waals surface area (Å²) < 4.78 is 23.9. The van der Waals surface area contributed by atoms with E-state index in [-0.39, 0.29) is 17.1 Å². The Morgan fingerprint density at radius 3 is 2.44 bits per heavy atom. The van der Waals surface area contributed by atoms with Crippen LogP contribution >= 0.6 is 11.3 Å². The molecule has 5 heteroatoms. The molecule has 0 aliphatic rings. The molecule has 0 N–H and O–H groups in total. The van der Waals surface area contributed by atoms with Crippen LogP contribution in [-0.2, 0) is 0 Å². The fourth-order valence-corrected chi connectivity index (χ4v) is 2.21. The third-order valence-corrected chi connectivity index (χ3v) is 3.18. The van der Waals surface area contributed by atoms with Gasteiger partial charge in [0.2, 0.25) is 0 Å². The molecule has 0 aliphatic carbocycles. The standard InChI is InChI=1S/C13H11FO3S/c1-16-11-5-9(10(14)6-12(11)17-2)13(15)8-3-4-18-7-8/h3-7H,1-2H3. The molecular formula is C13H11FO3S. The Labute approximate surface area is 108 Å². The molecule has 2 rings (SSSR count). The molecule has 0 fully saturated rings. The van der Waals surface area contributed by atoms with Crippen LogP contribution in [0, 0.1) is 5.82 Å². The van der Waals surface area contributed by atoms with Crippen molar-refractivity contribution in [2.24, 2.45) is 0 Å². The molecule has 94 valence electrons. The maximum Gasteiger partial charge on any atom is 0.196 e. The van der Waals surface area contributed by atoms with Crippen LogP contribution in [0.3, 0.4) is 0 Å². The quantitative estimate of drug-likeness (QED) is 0.797. The highest BCUT2D eigenvalue weighted by molar-refractivity contribution is 7.08. The maximum absolute atomic E-state index is 13.8. The predicted octanol–water partition coefficient (Wildman–Crippen LogP) is 3.14. The summed E-state index contributed by atoms with van der Waals surface area (Å²) in [5, 5.41) is 3.45. The van der Waals surface area contributed by atoms with Crippen LogP contribution in [-0.4, -0.2) is 20.0 Å². The maximum atomic E-state index is 13.8. The molecule has 2 aromatic rings. The summed E-state index contributed by atoms with van der Waals surface area (Å²) in [6, 6.07) is 4.16. The molecule has 0 amide bonds. The van der Waals surface area contributed by atoms with Gasteiger partial charge in [-0.2, -0.15) is 11.3 Å². The molecule has 0 saturated heterocycles. The second-order valence-electron chi connectivity index (χ2n) is 3.53. The number of carbonyl (C=O) groups excluding carboxylic acids is 1. The SMILES string of the molecule is COc1cc(F)c(C(=O)c2ccsc2)cc1OC. The van der Waals surface area contributed by atoms with Crippen molar-refractivity contribution in [3.05, 3.63) is 45.9 Å². The zero-order valence-electron chi connectivity index (χ0n) is 9.90. The summed E-state index contributed by atoms with van der Waals surface area (Å²) in [6.07, 6.45) is 0. The molecule has 1 heterocycles. The lowest BCUT2D eigenvalue weighted by Gasteiger charge is -2.09. The van der Waals surface area contributed by atoms with Gasteiger partial charge in [0.15, 0.2) is 17.3 Å². The third kappa shape index (κ3) is 2.22. The van der Waals surface area contributed by atoms with Crippen LogP contribution in [0.2, 0.25) is 0 Å². The van der Waals surface area contributed by atoms with Crippen LogP contribution in [0.4, 0.5) is 4.39 Å². The van der Waals surface area contributed by atoms with Crippen molar-refractivity contribution in [2.75, 3.05) is 14.2 Å². The van der Waals surface area contributed by atoms with Gasteiger partial charge in [-0.15, -0.1) is 0 Å². The average molecular weight is 266 g/mol. The van der Waals surface area contributed by atoms with Crippen LogP contribution in [0.5, 0.6) is 11.5 Å². The fraction of sp³-hybridized carbons (Fsp3) is 0.154. The van der Waals surface area contributed by atoms with Gasteiger partial charge in [0, 0.05) is 17.0 Å². The van der Waals surface area contributed by atoms with Gasteiger partial charge in [0.25, 0.3) is 0 Å². The van der Waals surface area contributed by atoms with E-state index in [0.29, 0.717) is 11.3 Å². The normalized spacial score (nSPS) is 10.2. The first kappa shape index (κ1) is 12.6. The van der Waals surface area contributed by atoms with Gasteiger partial charge in [-0.25, -0.2) is 4.39 Å². The van der Waals surface area contributed by atoms with E-state index in [2.05, 4.69) is 0 Å². The highest BCUT2D eigenvalue weighted by Gasteiger charge is 2.18. The molecule has 0 saturated carbocycles.